The summed E-state index contributed by atoms with van der Waals surface area (Å²) >= 11 is 0. The molecule has 1 fully saturated rings. The summed E-state index contributed by atoms with van der Waals surface area (Å²) in [4.78, 5) is 12.5. The third-order valence-corrected chi connectivity index (χ3v) is 3.88. The molecule has 1 aromatic rings. The molecule has 0 spiro atoms. The average molecular weight is 331 g/mol. The molecule has 0 aromatic heterocycles. The summed E-state index contributed by atoms with van der Waals surface area (Å²) in [6.07, 6.45) is -3.62. The summed E-state index contributed by atoms with van der Waals surface area (Å²) < 4.78 is 44.8. The number of morpholine rings is 1. The Morgan fingerprint density at radius 2 is 2.04 bits per heavy atom. The second kappa shape index (κ2) is 7.79. The van der Waals surface area contributed by atoms with Gasteiger partial charge in [-0.15, -0.1) is 0 Å². The van der Waals surface area contributed by atoms with E-state index in [1.165, 1.54) is 12.1 Å². The zero-order valence-electron chi connectivity index (χ0n) is 12.7. The van der Waals surface area contributed by atoms with Crippen molar-refractivity contribution in [3.8, 4) is 0 Å². The first-order chi connectivity index (χ1) is 10.9. The number of carboxylic acids is 1. The minimum absolute atomic E-state index is 0.116. The number of aliphatic carboxylic acids is 1. The van der Waals surface area contributed by atoms with Crippen LogP contribution in [0.3, 0.4) is 0 Å². The number of alkyl halides is 3. The summed E-state index contributed by atoms with van der Waals surface area (Å²) in [5.74, 6) is -0.830. The Labute approximate surface area is 132 Å². The van der Waals surface area contributed by atoms with Crippen LogP contribution in [0.25, 0.3) is 0 Å². The molecule has 0 radical (unpaired) electrons. The third kappa shape index (κ3) is 5.21. The fourth-order valence-corrected chi connectivity index (χ4v) is 2.74. The molecule has 1 unspecified atom stereocenters. The maximum atomic E-state index is 13.1. The summed E-state index contributed by atoms with van der Waals surface area (Å²) in [6, 6.07) is 5.49. The largest absolute Gasteiger partial charge is 0.481 e. The Bertz CT molecular complexity index is 534. The van der Waals surface area contributed by atoms with Crippen molar-refractivity contribution in [3.05, 3.63) is 35.4 Å². The Kier molecular flexibility index (Phi) is 6.01. The van der Waals surface area contributed by atoms with Gasteiger partial charge < -0.3 is 9.84 Å². The van der Waals surface area contributed by atoms with Crippen molar-refractivity contribution in [3.63, 3.8) is 0 Å². The SMILES string of the molecule is O=C(O)CCCCN1CCOC(c2ccccc2C(F)(F)F)C1. The molecule has 0 amide bonds. The van der Waals surface area contributed by atoms with Crippen molar-refractivity contribution in [2.75, 3.05) is 26.2 Å². The number of ether oxygens (including phenoxy) is 1. The zero-order chi connectivity index (χ0) is 16.9. The number of hydrogen-bond donors (Lipinski definition) is 1. The van der Waals surface area contributed by atoms with E-state index in [-0.39, 0.29) is 12.0 Å². The van der Waals surface area contributed by atoms with E-state index in [2.05, 4.69) is 0 Å². The van der Waals surface area contributed by atoms with Crippen LogP contribution in [0.5, 0.6) is 0 Å². The fourth-order valence-electron chi connectivity index (χ4n) is 2.74. The van der Waals surface area contributed by atoms with Gasteiger partial charge in [-0.1, -0.05) is 18.2 Å². The minimum Gasteiger partial charge on any atom is -0.481 e. The number of benzene rings is 1. The van der Waals surface area contributed by atoms with E-state index in [1.807, 2.05) is 4.90 Å². The Morgan fingerprint density at radius 3 is 2.74 bits per heavy atom. The molecule has 0 aliphatic carbocycles. The zero-order valence-corrected chi connectivity index (χ0v) is 12.7. The first-order valence-electron chi connectivity index (χ1n) is 7.60. The molecule has 1 aliphatic rings. The maximum absolute atomic E-state index is 13.1. The minimum atomic E-state index is -4.40. The lowest BCUT2D eigenvalue weighted by molar-refractivity contribution is -0.140. The highest BCUT2D eigenvalue weighted by Crippen LogP contribution is 2.36. The van der Waals surface area contributed by atoms with E-state index in [4.69, 9.17) is 9.84 Å². The van der Waals surface area contributed by atoms with Crippen LogP contribution < -0.4 is 0 Å². The van der Waals surface area contributed by atoms with Crippen LogP contribution in [0, 0.1) is 0 Å². The molecule has 1 aliphatic heterocycles. The van der Waals surface area contributed by atoms with Crippen molar-refractivity contribution < 1.29 is 27.8 Å². The van der Waals surface area contributed by atoms with E-state index >= 15 is 0 Å². The molecule has 0 saturated carbocycles. The Hall–Kier alpha value is -1.60. The monoisotopic (exact) mass is 331 g/mol. The van der Waals surface area contributed by atoms with Crippen molar-refractivity contribution in [2.24, 2.45) is 0 Å². The molecule has 23 heavy (non-hydrogen) atoms. The normalized spacial score (nSPS) is 19.7. The molecule has 1 heterocycles. The molecule has 1 atom stereocenters. The van der Waals surface area contributed by atoms with Crippen LogP contribution in [0.4, 0.5) is 13.2 Å². The number of carboxylic acid groups (broad SMARTS) is 1. The molecule has 0 bridgehead atoms. The highest BCUT2D eigenvalue weighted by Gasteiger charge is 2.36. The summed E-state index contributed by atoms with van der Waals surface area (Å²) in [5.41, 5.74) is -0.493. The highest BCUT2D eigenvalue weighted by atomic mass is 19.4. The van der Waals surface area contributed by atoms with Gasteiger partial charge >= 0.3 is 12.1 Å². The van der Waals surface area contributed by atoms with Gasteiger partial charge in [0.1, 0.15) is 0 Å². The lowest BCUT2D eigenvalue weighted by Gasteiger charge is -2.34. The molecule has 128 valence electrons. The molecule has 1 N–H and O–H groups in total. The van der Waals surface area contributed by atoms with Crippen molar-refractivity contribution >= 4 is 5.97 Å². The predicted molar refractivity (Wildman–Crippen MR) is 78.1 cm³/mol. The molecule has 2 rings (SSSR count). The third-order valence-electron chi connectivity index (χ3n) is 3.88. The van der Waals surface area contributed by atoms with Crippen LogP contribution in [-0.4, -0.2) is 42.2 Å². The van der Waals surface area contributed by atoms with E-state index in [9.17, 15) is 18.0 Å². The molecule has 1 aromatic carbocycles. The number of halogens is 3. The first-order valence-corrected chi connectivity index (χ1v) is 7.60. The van der Waals surface area contributed by atoms with Gasteiger partial charge in [-0.25, -0.2) is 0 Å². The number of rotatable bonds is 6. The smallest absolute Gasteiger partial charge is 0.416 e. The van der Waals surface area contributed by atoms with Crippen LogP contribution >= 0.6 is 0 Å². The molecular weight excluding hydrogens is 311 g/mol. The van der Waals surface area contributed by atoms with Crippen molar-refractivity contribution in [1.29, 1.82) is 0 Å². The summed E-state index contributed by atoms with van der Waals surface area (Å²) in [7, 11) is 0. The average Bonchev–Trinajstić information content (AvgIpc) is 2.51. The number of hydrogen-bond acceptors (Lipinski definition) is 3. The first kappa shape index (κ1) is 17.7. The van der Waals surface area contributed by atoms with E-state index < -0.39 is 23.8 Å². The van der Waals surface area contributed by atoms with Crippen LogP contribution in [0.1, 0.15) is 36.5 Å². The van der Waals surface area contributed by atoms with E-state index in [0.29, 0.717) is 39.1 Å². The number of nitrogens with zero attached hydrogens (tertiary/aromatic N) is 1. The number of carbonyl (C=O) groups is 1. The Balaban J connectivity index is 1.97. The van der Waals surface area contributed by atoms with Gasteiger partial charge in [-0.05, 0) is 31.0 Å². The molecule has 7 heteroatoms. The van der Waals surface area contributed by atoms with Crippen LogP contribution in [-0.2, 0) is 15.7 Å². The molecule has 4 nitrogen and oxygen atoms in total. The van der Waals surface area contributed by atoms with Crippen molar-refractivity contribution in [2.45, 2.75) is 31.5 Å². The van der Waals surface area contributed by atoms with Gasteiger partial charge in [-0.2, -0.15) is 13.2 Å². The number of unbranched alkanes of at least 4 members (excludes halogenated alkanes) is 1. The second-order valence-electron chi connectivity index (χ2n) is 5.60. The van der Waals surface area contributed by atoms with Gasteiger partial charge in [0.2, 0.25) is 0 Å². The van der Waals surface area contributed by atoms with Crippen LogP contribution in [0.15, 0.2) is 24.3 Å². The highest BCUT2D eigenvalue weighted by molar-refractivity contribution is 5.66. The van der Waals surface area contributed by atoms with Gasteiger partial charge in [0.15, 0.2) is 0 Å². The summed E-state index contributed by atoms with van der Waals surface area (Å²) in [5, 5.41) is 8.61. The predicted octanol–water partition coefficient (Wildman–Crippen LogP) is 3.33. The van der Waals surface area contributed by atoms with Gasteiger partial charge in [-0.3, -0.25) is 9.69 Å². The second-order valence-corrected chi connectivity index (χ2v) is 5.60. The van der Waals surface area contributed by atoms with Gasteiger partial charge in [0, 0.05) is 19.5 Å². The molecule has 1 saturated heterocycles. The maximum Gasteiger partial charge on any atom is 0.416 e. The summed E-state index contributed by atoms with van der Waals surface area (Å²) in [6.45, 7) is 2.08. The van der Waals surface area contributed by atoms with E-state index in [0.717, 1.165) is 6.07 Å². The standard InChI is InChI=1S/C16H20F3NO3/c17-16(18,19)13-6-2-1-5-12(13)14-11-20(9-10-23-14)8-4-3-7-15(21)22/h1-2,5-6,14H,3-4,7-11H2,(H,21,22). The lowest BCUT2D eigenvalue weighted by atomic mass is 10.0. The van der Waals surface area contributed by atoms with Gasteiger partial charge in [0.05, 0.1) is 18.3 Å². The van der Waals surface area contributed by atoms with Crippen LogP contribution in [0.2, 0.25) is 0 Å². The topological polar surface area (TPSA) is 49.8 Å². The van der Waals surface area contributed by atoms with E-state index in [1.54, 1.807) is 6.07 Å². The van der Waals surface area contributed by atoms with Gasteiger partial charge in [0.25, 0.3) is 0 Å². The molecular formula is C16H20F3NO3. The lowest BCUT2D eigenvalue weighted by Crippen LogP contribution is -2.39. The fraction of sp³-hybridized carbons (Fsp3) is 0.562. The quantitative estimate of drug-likeness (QED) is 0.813. The Morgan fingerprint density at radius 1 is 1.30 bits per heavy atom. The van der Waals surface area contributed by atoms with Crippen molar-refractivity contribution in [1.82, 2.24) is 4.90 Å².